The minimum absolute atomic E-state index is 0.252. The molecule has 1 N–H and O–H groups in total. The van der Waals surface area contributed by atoms with E-state index in [9.17, 15) is 21.6 Å². The lowest BCUT2D eigenvalue weighted by Gasteiger charge is -2.09. The van der Waals surface area contributed by atoms with Crippen molar-refractivity contribution in [2.45, 2.75) is 25.3 Å². The average Bonchev–Trinajstić information content (AvgIpc) is 2.86. The van der Waals surface area contributed by atoms with Crippen molar-refractivity contribution in [3.05, 3.63) is 76.9 Å². The van der Waals surface area contributed by atoms with Gasteiger partial charge >= 0.3 is 0 Å². The second kappa shape index (κ2) is 7.07. The quantitative estimate of drug-likeness (QED) is 0.715. The number of hydrogen-bond donors (Lipinski definition) is 1. The normalized spacial score (nSPS) is 11.6. The highest BCUT2D eigenvalue weighted by atomic mass is 32.2. The van der Waals surface area contributed by atoms with Crippen LogP contribution in [-0.4, -0.2) is 18.2 Å². The van der Waals surface area contributed by atoms with Crippen LogP contribution >= 0.6 is 0 Å². The number of anilines is 1. The lowest BCUT2D eigenvalue weighted by molar-refractivity contribution is 0.504. The number of nitrogens with zero attached hydrogens (tertiary/aromatic N) is 2. The Balaban J connectivity index is 1.89. The van der Waals surface area contributed by atoms with Gasteiger partial charge in [-0.15, -0.1) is 0 Å². The Morgan fingerprint density at radius 2 is 1.67 bits per heavy atom. The second-order valence-corrected chi connectivity index (χ2v) is 7.69. The van der Waals surface area contributed by atoms with Crippen LogP contribution in [0.2, 0.25) is 0 Å². The summed E-state index contributed by atoms with van der Waals surface area (Å²) in [7, 11) is -4.12. The third kappa shape index (κ3) is 3.97. The molecule has 0 aliphatic rings. The molecule has 0 saturated carbocycles. The minimum atomic E-state index is -4.12. The number of halogens is 3. The molecule has 0 aliphatic carbocycles. The summed E-state index contributed by atoms with van der Waals surface area (Å²) in [4.78, 5) is -0.397. The highest BCUT2D eigenvalue weighted by molar-refractivity contribution is 7.92. The highest BCUT2D eigenvalue weighted by Crippen LogP contribution is 2.24. The maximum absolute atomic E-state index is 13.4. The predicted octanol–water partition coefficient (Wildman–Crippen LogP) is 3.77. The second-order valence-electron chi connectivity index (χ2n) is 6.01. The van der Waals surface area contributed by atoms with Crippen molar-refractivity contribution < 1.29 is 21.6 Å². The summed E-state index contributed by atoms with van der Waals surface area (Å²) in [6, 6.07) is 8.22. The van der Waals surface area contributed by atoms with Crippen molar-refractivity contribution in [1.29, 1.82) is 0 Å². The van der Waals surface area contributed by atoms with E-state index in [1.165, 1.54) is 12.1 Å². The zero-order valence-corrected chi connectivity index (χ0v) is 15.3. The predicted molar refractivity (Wildman–Crippen MR) is 94.4 cm³/mol. The molecule has 27 heavy (non-hydrogen) atoms. The van der Waals surface area contributed by atoms with Gasteiger partial charge in [-0.25, -0.2) is 21.6 Å². The van der Waals surface area contributed by atoms with Crippen LogP contribution in [-0.2, 0) is 16.6 Å². The summed E-state index contributed by atoms with van der Waals surface area (Å²) in [5.74, 6) is -2.74. The van der Waals surface area contributed by atoms with Gasteiger partial charge in [-0.05, 0) is 49.7 Å². The van der Waals surface area contributed by atoms with Gasteiger partial charge in [0.25, 0.3) is 10.0 Å². The van der Waals surface area contributed by atoms with E-state index in [1.807, 2.05) is 0 Å². The SMILES string of the molecule is Cc1nn(Cc2ccc(F)cc2)c(C)c1NS(=O)(=O)c1ccc(F)c(F)c1. The summed E-state index contributed by atoms with van der Waals surface area (Å²) in [6.45, 7) is 3.61. The van der Waals surface area contributed by atoms with Crippen LogP contribution in [0.3, 0.4) is 0 Å². The molecule has 3 aromatic rings. The summed E-state index contributed by atoms with van der Waals surface area (Å²) in [6.07, 6.45) is 0. The zero-order valence-electron chi connectivity index (χ0n) is 14.5. The molecule has 142 valence electrons. The molecule has 1 aromatic heterocycles. The highest BCUT2D eigenvalue weighted by Gasteiger charge is 2.21. The van der Waals surface area contributed by atoms with E-state index in [2.05, 4.69) is 9.82 Å². The van der Waals surface area contributed by atoms with E-state index < -0.39 is 26.6 Å². The Hall–Kier alpha value is -2.81. The topological polar surface area (TPSA) is 64.0 Å². The maximum atomic E-state index is 13.4. The van der Waals surface area contributed by atoms with Crippen LogP contribution in [0, 0.1) is 31.3 Å². The Morgan fingerprint density at radius 1 is 1.00 bits per heavy atom. The smallest absolute Gasteiger partial charge is 0.262 e. The van der Waals surface area contributed by atoms with E-state index in [0.29, 0.717) is 24.0 Å². The van der Waals surface area contributed by atoms with Crippen molar-refractivity contribution in [3.8, 4) is 0 Å². The van der Waals surface area contributed by atoms with E-state index in [-0.39, 0.29) is 11.5 Å². The van der Waals surface area contributed by atoms with Gasteiger partial charge in [-0.2, -0.15) is 5.10 Å². The number of aromatic nitrogens is 2. The summed E-state index contributed by atoms with van der Waals surface area (Å²) in [5, 5.41) is 4.30. The van der Waals surface area contributed by atoms with E-state index in [4.69, 9.17) is 0 Å². The fourth-order valence-electron chi connectivity index (χ4n) is 2.60. The molecule has 1 heterocycles. The largest absolute Gasteiger partial charge is 0.276 e. The fraction of sp³-hybridized carbons (Fsp3) is 0.167. The summed E-state index contributed by atoms with van der Waals surface area (Å²) < 4.78 is 68.4. The van der Waals surface area contributed by atoms with Gasteiger partial charge in [0.2, 0.25) is 0 Å². The van der Waals surface area contributed by atoms with E-state index in [1.54, 1.807) is 30.7 Å². The molecule has 0 radical (unpaired) electrons. The van der Waals surface area contributed by atoms with Crippen LogP contribution in [0.15, 0.2) is 47.4 Å². The number of rotatable bonds is 5. The van der Waals surface area contributed by atoms with Crippen molar-refractivity contribution >= 4 is 15.7 Å². The van der Waals surface area contributed by atoms with Crippen molar-refractivity contribution in [3.63, 3.8) is 0 Å². The third-order valence-corrected chi connectivity index (χ3v) is 5.41. The lowest BCUT2D eigenvalue weighted by Crippen LogP contribution is -2.15. The molecule has 0 spiro atoms. The van der Waals surface area contributed by atoms with E-state index >= 15 is 0 Å². The summed E-state index contributed by atoms with van der Waals surface area (Å²) in [5.41, 5.74) is 1.99. The molecule has 0 aliphatic heterocycles. The lowest BCUT2D eigenvalue weighted by atomic mass is 10.2. The Bertz CT molecular complexity index is 1090. The first-order valence-corrected chi connectivity index (χ1v) is 9.42. The van der Waals surface area contributed by atoms with Gasteiger partial charge in [0.15, 0.2) is 11.6 Å². The number of sulfonamides is 1. The molecule has 3 rings (SSSR count). The first-order valence-electron chi connectivity index (χ1n) is 7.93. The van der Waals surface area contributed by atoms with Gasteiger partial charge in [0, 0.05) is 0 Å². The Kier molecular flexibility index (Phi) is 4.97. The van der Waals surface area contributed by atoms with Crippen molar-refractivity contribution in [2.75, 3.05) is 4.72 Å². The molecule has 0 saturated heterocycles. The van der Waals surface area contributed by atoms with Gasteiger partial charge in [0.1, 0.15) is 5.82 Å². The molecule has 0 unspecified atom stereocenters. The van der Waals surface area contributed by atoms with Gasteiger partial charge in [-0.3, -0.25) is 9.40 Å². The molecule has 0 amide bonds. The fourth-order valence-corrected chi connectivity index (χ4v) is 3.79. The van der Waals surface area contributed by atoms with Crippen LogP contribution < -0.4 is 4.72 Å². The molecular formula is C18H16F3N3O2S. The van der Waals surface area contributed by atoms with Gasteiger partial charge in [0.05, 0.1) is 28.5 Å². The number of hydrogen-bond acceptors (Lipinski definition) is 3. The van der Waals surface area contributed by atoms with Gasteiger partial charge < -0.3 is 0 Å². The zero-order chi connectivity index (χ0) is 19.8. The first kappa shape index (κ1) is 19.0. The molecular weight excluding hydrogens is 379 g/mol. The number of aryl methyl sites for hydroxylation is 1. The molecule has 0 atom stereocenters. The van der Waals surface area contributed by atoms with Crippen LogP contribution in [0.1, 0.15) is 17.0 Å². The minimum Gasteiger partial charge on any atom is -0.276 e. The first-order chi connectivity index (χ1) is 12.7. The monoisotopic (exact) mass is 395 g/mol. The standard InChI is InChI=1S/C18H16F3N3O2S/c1-11-18(23-27(25,26)15-7-8-16(20)17(21)9-15)12(2)24(22-11)10-13-3-5-14(19)6-4-13/h3-9,23H,10H2,1-2H3. The number of nitrogens with one attached hydrogen (secondary N) is 1. The van der Waals surface area contributed by atoms with Crippen molar-refractivity contribution in [1.82, 2.24) is 9.78 Å². The maximum Gasteiger partial charge on any atom is 0.262 e. The van der Waals surface area contributed by atoms with Gasteiger partial charge in [-0.1, -0.05) is 12.1 Å². The molecule has 5 nitrogen and oxygen atoms in total. The van der Waals surface area contributed by atoms with Crippen LogP contribution in [0.5, 0.6) is 0 Å². The van der Waals surface area contributed by atoms with Crippen molar-refractivity contribution in [2.24, 2.45) is 0 Å². The molecule has 0 fully saturated rings. The third-order valence-electron chi connectivity index (χ3n) is 4.06. The summed E-state index contributed by atoms with van der Waals surface area (Å²) >= 11 is 0. The molecule has 0 bridgehead atoms. The Labute approximate surface area is 154 Å². The number of benzene rings is 2. The molecule has 2 aromatic carbocycles. The van der Waals surface area contributed by atoms with E-state index in [0.717, 1.165) is 17.7 Å². The van der Waals surface area contributed by atoms with Crippen LogP contribution in [0.25, 0.3) is 0 Å². The molecule has 9 heteroatoms. The average molecular weight is 395 g/mol. The van der Waals surface area contributed by atoms with Crippen LogP contribution in [0.4, 0.5) is 18.9 Å². The Morgan fingerprint density at radius 3 is 2.30 bits per heavy atom.